The highest BCUT2D eigenvalue weighted by Crippen LogP contribution is 2.30. The number of aliphatic hydroxyl groups excluding tert-OH is 1. The molecular weight excluding hydrogens is 291 g/mol. The lowest BCUT2D eigenvalue weighted by Gasteiger charge is -2.19. The van der Waals surface area contributed by atoms with Crippen LogP contribution in [0.2, 0.25) is 0 Å². The van der Waals surface area contributed by atoms with E-state index >= 15 is 0 Å². The molecule has 0 aromatic heterocycles. The van der Waals surface area contributed by atoms with Crippen molar-refractivity contribution < 1.29 is 22.5 Å². The SMILES string of the molecule is CC(C)(C)[S@](=O)NCc1ccc(F)c(C(F)(F)CO)c1. The van der Waals surface area contributed by atoms with Crippen LogP contribution in [0.4, 0.5) is 13.2 Å². The van der Waals surface area contributed by atoms with Crippen molar-refractivity contribution in [3.8, 4) is 0 Å². The Bertz CT molecular complexity index is 501. The molecule has 0 fully saturated rings. The van der Waals surface area contributed by atoms with Gasteiger partial charge in [-0.05, 0) is 38.5 Å². The Morgan fingerprint density at radius 3 is 2.40 bits per heavy atom. The van der Waals surface area contributed by atoms with Crippen LogP contribution in [0.25, 0.3) is 0 Å². The quantitative estimate of drug-likeness (QED) is 0.878. The van der Waals surface area contributed by atoms with Gasteiger partial charge in [-0.2, -0.15) is 8.78 Å². The maximum atomic E-state index is 13.4. The third kappa shape index (κ3) is 4.29. The second-order valence-electron chi connectivity index (χ2n) is 5.38. The highest BCUT2D eigenvalue weighted by atomic mass is 32.2. The summed E-state index contributed by atoms with van der Waals surface area (Å²) in [5.74, 6) is -4.71. The lowest BCUT2D eigenvalue weighted by atomic mass is 10.0. The highest BCUT2D eigenvalue weighted by Gasteiger charge is 2.33. The molecule has 1 atom stereocenters. The molecule has 0 aliphatic carbocycles. The van der Waals surface area contributed by atoms with E-state index in [0.717, 1.165) is 12.1 Å². The van der Waals surface area contributed by atoms with Gasteiger partial charge in [0, 0.05) is 6.54 Å². The smallest absolute Gasteiger partial charge is 0.298 e. The predicted octanol–water partition coefficient (Wildman–Crippen LogP) is 2.46. The maximum Gasteiger partial charge on any atom is 0.298 e. The van der Waals surface area contributed by atoms with Crippen LogP contribution in [-0.2, 0) is 23.5 Å². The fraction of sp³-hybridized carbons (Fsp3) is 0.538. The third-order valence-electron chi connectivity index (χ3n) is 2.59. The molecule has 0 amide bonds. The molecule has 0 saturated carbocycles. The summed E-state index contributed by atoms with van der Waals surface area (Å²) in [7, 11) is -1.35. The number of alkyl halides is 2. The number of benzene rings is 1. The van der Waals surface area contributed by atoms with Crippen molar-refractivity contribution in [1.29, 1.82) is 0 Å². The van der Waals surface area contributed by atoms with Gasteiger partial charge in [0.1, 0.15) is 12.4 Å². The minimum atomic E-state index is -3.64. The second kappa shape index (κ2) is 6.24. The zero-order valence-electron chi connectivity index (χ0n) is 11.5. The van der Waals surface area contributed by atoms with Crippen LogP contribution in [0, 0.1) is 5.82 Å². The molecule has 1 aromatic carbocycles. The van der Waals surface area contributed by atoms with Crippen LogP contribution in [0.3, 0.4) is 0 Å². The maximum absolute atomic E-state index is 13.4. The molecule has 0 radical (unpaired) electrons. The zero-order chi connectivity index (χ0) is 15.6. The molecule has 1 rings (SSSR count). The Labute approximate surface area is 118 Å². The van der Waals surface area contributed by atoms with Gasteiger partial charge in [-0.25, -0.2) is 13.3 Å². The minimum absolute atomic E-state index is 0.0681. The first-order valence-corrected chi connectivity index (χ1v) is 7.16. The Kier molecular flexibility index (Phi) is 5.34. The van der Waals surface area contributed by atoms with E-state index in [0.29, 0.717) is 5.56 Å². The minimum Gasteiger partial charge on any atom is -0.390 e. The van der Waals surface area contributed by atoms with E-state index in [-0.39, 0.29) is 6.54 Å². The van der Waals surface area contributed by atoms with Crippen LogP contribution >= 0.6 is 0 Å². The summed E-state index contributed by atoms with van der Waals surface area (Å²) in [5, 5.41) is 8.61. The normalized spacial score (nSPS) is 14.3. The second-order valence-corrected chi connectivity index (χ2v) is 7.43. The van der Waals surface area contributed by atoms with E-state index < -0.39 is 39.6 Å². The number of rotatable bonds is 5. The zero-order valence-corrected chi connectivity index (χ0v) is 12.4. The van der Waals surface area contributed by atoms with Gasteiger partial charge in [-0.15, -0.1) is 0 Å². The molecule has 0 saturated heterocycles. The van der Waals surface area contributed by atoms with Gasteiger partial charge in [-0.1, -0.05) is 6.07 Å². The Balaban J connectivity index is 2.89. The topological polar surface area (TPSA) is 49.3 Å². The number of aliphatic hydroxyl groups is 1. The fourth-order valence-electron chi connectivity index (χ4n) is 1.41. The predicted molar refractivity (Wildman–Crippen MR) is 72.1 cm³/mol. The van der Waals surface area contributed by atoms with E-state index in [1.165, 1.54) is 6.07 Å². The first-order chi connectivity index (χ1) is 9.08. The summed E-state index contributed by atoms with van der Waals surface area (Å²) in [6.07, 6.45) is 0. The molecule has 3 nitrogen and oxygen atoms in total. The summed E-state index contributed by atoms with van der Waals surface area (Å²) < 4.78 is 54.0. The molecule has 1 aromatic rings. The monoisotopic (exact) mass is 309 g/mol. The van der Waals surface area contributed by atoms with Gasteiger partial charge in [-0.3, -0.25) is 0 Å². The Morgan fingerprint density at radius 1 is 1.30 bits per heavy atom. The molecule has 20 heavy (non-hydrogen) atoms. The number of hydrogen-bond acceptors (Lipinski definition) is 2. The van der Waals surface area contributed by atoms with Gasteiger partial charge in [0.05, 0.1) is 21.3 Å². The average molecular weight is 309 g/mol. The first kappa shape index (κ1) is 17.1. The van der Waals surface area contributed by atoms with E-state index in [2.05, 4.69) is 4.72 Å². The lowest BCUT2D eigenvalue weighted by molar-refractivity contribution is -0.0583. The molecule has 7 heteroatoms. The number of hydrogen-bond donors (Lipinski definition) is 2. The summed E-state index contributed by atoms with van der Waals surface area (Å²) in [6, 6.07) is 3.22. The van der Waals surface area contributed by atoms with E-state index in [1.807, 2.05) is 0 Å². The molecule has 114 valence electrons. The molecule has 0 aliphatic rings. The van der Waals surface area contributed by atoms with E-state index in [9.17, 15) is 17.4 Å². The van der Waals surface area contributed by atoms with Crippen molar-refractivity contribution in [2.45, 2.75) is 38.0 Å². The average Bonchev–Trinajstić information content (AvgIpc) is 2.36. The van der Waals surface area contributed by atoms with Crippen LogP contribution in [-0.4, -0.2) is 20.7 Å². The first-order valence-electron chi connectivity index (χ1n) is 6.01. The summed E-state index contributed by atoms with van der Waals surface area (Å²) >= 11 is 0. The highest BCUT2D eigenvalue weighted by molar-refractivity contribution is 7.84. The lowest BCUT2D eigenvalue weighted by Crippen LogP contribution is -2.33. The molecule has 0 bridgehead atoms. The molecule has 0 unspecified atom stereocenters. The molecule has 0 spiro atoms. The van der Waals surface area contributed by atoms with Crippen LogP contribution < -0.4 is 4.72 Å². The van der Waals surface area contributed by atoms with Gasteiger partial charge in [0.15, 0.2) is 0 Å². The molecular formula is C13H18F3NO2S. The third-order valence-corrected chi connectivity index (χ3v) is 4.11. The van der Waals surface area contributed by atoms with Gasteiger partial charge in [0.25, 0.3) is 5.92 Å². The van der Waals surface area contributed by atoms with Crippen molar-refractivity contribution >= 4 is 11.0 Å². The largest absolute Gasteiger partial charge is 0.390 e. The summed E-state index contributed by atoms with van der Waals surface area (Å²) in [5.41, 5.74) is -0.493. The van der Waals surface area contributed by atoms with Gasteiger partial charge in [0.2, 0.25) is 0 Å². The van der Waals surface area contributed by atoms with Gasteiger partial charge < -0.3 is 5.11 Å². The summed E-state index contributed by atoms with van der Waals surface area (Å²) in [4.78, 5) is 0. The van der Waals surface area contributed by atoms with Crippen molar-refractivity contribution in [3.05, 3.63) is 35.1 Å². The van der Waals surface area contributed by atoms with Crippen LogP contribution in [0.5, 0.6) is 0 Å². The number of nitrogens with one attached hydrogen (secondary N) is 1. The standard InChI is InChI=1S/C13H18F3NO2S/c1-12(2,3)20(19)17-7-9-4-5-11(14)10(6-9)13(15,16)8-18/h4-6,17-18H,7-8H2,1-3H3/t20-/m0/s1. The van der Waals surface area contributed by atoms with Crippen molar-refractivity contribution in [1.82, 2.24) is 4.72 Å². The molecule has 0 heterocycles. The van der Waals surface area contributed by atoms with Crippen molar-refractivity contribution in [3.63, 3.8) is 0 Å². The van der Waals surface area contributed by atoms with E-state index in [4.69, 9.17) is 5.11 Å². The number of halogens is 3. The fourth-order valence-corrected chi connectivity index (χ4v) is 2.14. The molecule has 0 aliphatic heterocycles. The summed E-state index contributed by atoms with van der Waals surface area (Å²) in [6.45, 7) is 3.91. The molecule has 2 N–H and O–H groups in total. The van der Waals surface area contributed by atoms with Crippen molar-refractivity contribution in [2.24, 2.45) is 0 Å². The van der Waals surface area contributed by atoms with Crippen LogP contribution in [0.1, 0.15) is 31.9 Å². The Morgan fingerprint density at radius 2 is 1.90 bits per heavy atom. The van der Waals surface area contributed by atoms with Gasteiger partial charge >= 0.3 is 0 Å². The van der Waals surface area contributed by atoms with Crippen LogP contribution in [0.15, 0.2) is 18.2 Å². The Hall–Kier alpha value is -0.920. The van der Waals surface area contributed by atoms with E-state index in [1.54, 1.807) is 20.8 Å². The van der Waals surface area contributed by atoms with Crippen molar-refractivity contribution in [2.75, 3.05) is 6.61 Å².